The molecule has 1 amide bonds. The normalized spacial score (nSPS) is 17.1. The average molecular weight is 498 g/mol. The van der Waals surface area contributed by atoms with E-state index in [1.807, 2.05) is 24.3 Å². The highest BCUT2D eigenvalue weighted by molar-refractivity contribution is 7.89. The van der Waals surface area contributed by atoms with Gasteiger partial charge in [0.2, 0.25) is 15.9 Å². The first-order valence-electron chi connectivity index (χ1n) is 11.6. The van der Waals surface area contributed by atoms with E-state index in [0.717, 1.165) is 6.42 Å². The molecule has 0 saturated carbocycles. The molecular formula is C26H28FN3O4S. The minimum Gasteiger partial charge on any atom is -0.355 e. The van der Waals surface area contributed by atoms with E-state index in [1.54, 1.807) is 25.1 Å². The number of rotatable bonds is 7. The van der Waals surface area contributed by atoms with E-state index in [-0.39, 0.29) is 28.8 Å². The first kappa shape index (κ1) is 24.8. The maximum Gasteiger partial charge on any atom is 0.248 e. The molecule has 1 fully saturated rings. The van der Waals surface area contributed by atoms with Crippen molar-refractivity contribution < 1.29 is 22.1 Å². The van der Waals surface area contributed by atoms with Crippen LogP contribution in [0.3, 0.4) is 0 Å². The zero-order valence-electron chi connectivity index (χ0n) is 19.7. The summed E-state index contributed by atoms with van der Waals surface area (Å²) in [4.78, 5) is 12.8. The van der Waals surface area contributed by atoms with E-state index >= 15 is 0 Å². The largest absolute Gasteiger partial charge is 0.355 e. The van der Waals surface area contributed by atoms with Crippen LogP contribution >= 0.6 is 0 Å². The molecule has 7 nitrogen and oxygen atoms in total. The Bertz CT molecular complexity index is 1330. The summed E-state index contributed by atoms with van der Waals surface area (Å²) < 4.78 is 47.6. The van der Waals surface area contributed by atoms with Crippen LogP contribution in [0.1, 0.15) is 42.3 Å². The second kappa shape index (κ2) is 10.5. The maximum absolute atomic E-state index is 14.0. The van der Waals surface area contributed by atoms with Gasteiger partial charge in [0.25, 0.3) is 0 Å². The Morgan fingerprint density at radius 1 is 1.20 bits per heavy atom. The molecule has 0 aliphatic carbocycles. The molecule has 4 rings (SSSR count). The second-order valence-electron chi connectivity index (χ2n) is 8.56. The van der Waals surface area contributed by atoms with E-state index in [2.05, 4.69) is 17.4 Å². The molecule has 1 aromatic heterocycles. The van der Waals surface area contributed by atoms with Crippen molar-refractivity contribution in [1.29, 1.82) is 0 Å². The number of piperidine rings is 1. The van der Waals surface area contributed by atoms with Crippen molar-refractivity contribution in [3.8, 4) is 0 Å². The number of sulfonamides is 1. The zero-order chi connectivity index (χ0) is 25.0. The number of halogens is 1. The summed E-state index contributed by atoms with van der Waals surface area (Å²) in [7, 11) is -3.99. The van der Waals surface area contributed by atoms with Crippen LogP contribution in [0.2, 0.25) is 0 Å². The van der Waals surface area contributed by atoms with Crippen LogP contribution in [0.15, 0.2) is 57.9 Å². The number of amides is 1. The van der Waals surface area contributed by atoms with Gasteiger partial charge in [0.1, 0.15) is 11.5 Å². The number of hydrogen-bond donors (Lipinski definition) is 1. The van der Waals surface area contributed by atoms with Gasteiger partial charge in [-0.25, -0.2) is 12.8 Å². The van der Waals surface area contributed by atoms with Gasteiger partial charge in [-0.15, -0.1) is 0 Å². The SMILES string of the molecule is CCc1ccc(NC(=O)C2CCCN(S(=O)(=O)c3c(C)noc3/C=C/c3ccccc3F)C2)cc1. The lowest BCUT2D eigenvalue weighted by Gasteiger charge is -2.31. The van der Waals surface area contributed by atoms with Crippen molar-refractivity contribution >= 4 is 33.8 Å². The number of carbonyl (C=O) groups excluding carboxylic acids is 1. The van der Waals surface area contributed by atoms with Gasteiger partial charge >= 0.3 is 0 Å². The summed E-state index contributed by atoms with van der Waals surface area (Å²) in [5.41, 5.74) is 2.36. The monoisotopic (exact) mass is 497 g/mol. The molecule has 1 saturated heterocycles. The van der Waals surface area contributed by atoms with Gasteiger partial charge in [-0.3, -0.25) is 4.79 Å². The molecule has 2 aromatic carbocycles. The minimum absolute atomic E-state index is 0.0216. The third-order valence-corrected chi connectivity index (χ3v) is 8.16. The third kappa shape index (κ3) is 5.52. The quantitative estimate of drug-likeness (QED) is 0.502. The number of aryl methyl sites for hydroxylation is 2. The third-order valence-electron chi connectivity index (χ3n) is 6.14. The van der Waals surface area contributed by atoms with Crippen molar-refractivity contribution in [2.24, 2.45) is 5.92 Å². The number of carbonyl (C=O) groups is 1. The molecule has 9 heteroatoms. The highest BCUT2D eigenvalue weighted by Gasteiger charge is 2.37. The van der Waals surface area contributed by atoms with Crippen molar-refractivity contribution in [3.05, 3.63) is 76.9 Å². The summed E-state index contributed by atoms with van der Waals surface area (Å²) in [6.07, 6.45) is 4.90. The maximum atomic E-state index is 14.0. The molecule has 3 aromatic rings. The smallest absolute Gasteiger partial charge is 0.248 e. The lowest BCUT2D eigenvalue weighted by molar-refractivity contribution is -0.120. The van der Waals surface area contributed by atoms with Gasteiger partial charge in [-0.05, 0) is 62.1 Å². The van der Waals surface area contributed by atoms with Gasteiger partial charge in [0.05, 0.1) is 5.92 Å². The minimum atomic E-state index is -3.99. The van der Waals surface area contributed by atoms with E-state index in [0.29, 0.717) is 30.6 Å². The lowest BCUT2D eigenvalue weighted by atomic mass is 9.98. The van der Waals surface area contributed by atoms with Crippen LogP contribution in [0, 0.1) is 18.7 Å². The highest BCUT2D eigenvalue weighted by Crippen LogP contribution is 2.30. The summed E-state index contributed by atoms with van der Waals surface area (Å²) in [5, 5.41) is 6.73. The first-order chi connectivity index (χ1) is 16.8. The molecule has 0 bridgehead atoms. The topological polar surface area (TPSA) is 92.5 Å². The Labute approximate surface area is 204 Å². The van der Waals surface area contributed by atoms with Gasteiger partial charge in [0.15, 0.2) is 10.7 Å². The molecule has 0 radical (unpaired) electrons. The summed E-state index contributed by atoms with van der Waals surface area (Å²) >= 11 is 0. The molecule has 2 heterocycles. The summed E-state index contributed by atoms with van der Waals surface area (Å²) in [6, 6.07) is 13.8. The molecule has 1 aliphatic heterocycles. The van der Waals surface area contributed by atoms with Crippen molar-refractivity contribution in [1.82, 2.24) is 9.46 Å². The number of hydrogen-bond acceptors (Lipinski definition) is 5. The van der Waals surface area contributed by atoms with E-state index in [9.17, 15) is 17.6 Å². The molecular weight excluding hydrogens is 469 g/mol. The van der Waals surface area contributed by atoms with Crippen LogP contribution < -0.4 is 5.32 Å². The fraction of sp³-hybridized carbons (Fsp3) is 0.308. The van der Waals surface area contributed by atoms with Gasteiger partial charge in [0, 0.05) is 24.3 Å². The highest BCUT2D eigenvalue weighted by atomic mass is 32.2. The van der Waals surface area contributed by atoms with E-state index < -0.39 is 21.8 Å². The van der Waals surface area contributed by atoms with Crippen LogP contribution in [0.5, 0.6) is 0 Å². The van der Waals surface area contributed by atoms with E-state index in [1.165, 1.54) is 28.1 Å². The molecule has 1 atom stereocenters. The Morgan fingerprint density at radius 2 is 1.94 bits per heavy atom. The fourth-order valence-corrected chi connectivity index (χ4v) is 5.92. The van der Waals surface area contributed by atoms with E-state index in [4.69, 9.17) is 4.52 Å². The molecule has 1 unspecified atom stereocenters. The molecule has 35 heavy (non-hydrogen) atoms. The molecule has 1 aliphatic rings. The second-order valence-corrected chi connectivity index (χ2v) is 10.4. The number of aromatic nitrogens is 1. The van der Waals surface area contributed by atoms with Crippen molar-refractivity contribution in [2.45, 2.75) is 38.0 Å². The van der Waals surface area contributed by atoms with Crippen molar-refractivity contribution in [3.63, 3.8) is 0 Å². The van der Waals surface area contributed by atoms with Crippen LogP contribution in [-0.4, -0.2) is 36.9 Å². The Balaban J connectivity index is 1.52. The number of nitrogens with zero attached hydrogens (tertiary/aromatic N) is 2. The average Bonchev–Trinajstić information content (AvgIpc) is 3.25. The van der Waals surface area contributed by atoms with Gasteiger partial charge in [-0.2, -0.15) is 4.31 Å². The summed E-state index contributed by atoms with van der Waals surface area (Å²) in [5.74, 6) is -1.11. The van der Waals surface area contributed by atoms with Crippen LogP contribution in [-0.2, 0) is 21.2 Å². The number of nitrogens with one attached hydrogen (secondary N) is 1. The first-order valence-corrected chi connectivity index (χ1v) is 13.0. The fourth-order valence-electron chi connectivity index (χ4n) is 4.15. The van der Waals surface area contributed by atoms with Crippen LogP contribution in [0.25, 0.3) is 12.2 Å². The Morgan fingerprint density at radius 3 is 2.66 bits per heavy atom. The standard InChI is InChI=1S/C26H28FN3O4S/c1-3-19-10-13-22(14-11-19)28-26(31)21-8-6-16-30(17-21)35(32,33)25-18(2)29-34-24(25)15-12-20-7-4-5-9-23(20)27/h4-5,7,9-15,21H,3,6,8,16-17H2,1-2H3,(H,28,31)/b15-12+. The lowest BCUT2D eigenvalue weighted by Crippen LogP contribution is -2.43. The summed E-state index contributed by atoms with van der Waals surface area (Å²) in [6.45, 7) is 3.95. The van der Waals surface area contributed by atoms with Crippen LogP contribution in [0.4, 0.5) is 10.1 Å². The molecule has 184 valence electrons. The zero-order valence-corrected chi connectivity index (χ0v) is 20.5. The number of benzene rings is 2. The number of anilines is 1. The predicted molar refractivity (Wildman–Crippen MR) is 133 cm³/mol. The Kier molecular flexibility index (Phi) is 7.47. The van der Waals surface area contributed by atoms with Gasteiger partial charge in [-0.1, -0.05) is 42.4 Å². The Hall–Kier alpha value is -3.30. The molecule has 0 spiro atoms. The molecule has 1 N–H and O–H groups in total. The van der Waals surface area contributed by atoms with Gasteiger partial charge < -0.3 is 9.84 Å². The predicted octanol–water partition coefficient (Wildman–Crippen LogP) is 4.89. The van der Waals surface area contributed by atoms with Crippen molar-refractivity contribution in [2.75, 3.05) is 18.4 Å².